The van der Waals surface area contributed by atoms with Crippen molar-refractivity contribution in [3.63, 3.8) is 0 Å². The van der Waals surface area contributed by atoms with Crippen LogP contribution < -0.4 is 21.5 Å². The molecule has 0 spiro atoms. The molecule has 4 N–H and O–H groups in total. The van der Waals surface area contributed by atoms with Crippen LogP contribution in [0.4, 0.5) is 23.0 Å². The minimum absolute atomic E-state index is 0.610. The molecule has 0 saturated heterocycles. The molecule has 21 heavy (non-hydrogen) atoms. The van der Waals surface area contributed by atoms with Gasteiger partial charge in [-0.15, -0.1) is 0 Å². The second kappa shape index (κ2) is 6.90. The van der Waals surface area contributed by atoms with Gasteiger partial charge < -0.3 is 15.6 Å². The topological polar surface area (TPSA) is 79.1 Å². The first kappa shape index (κ1) is 15.1. The Kier molecular flexibility index (Phi) is 4.94. The van der Waals surface area contributed by atoms with Crippen molar-refractivity contribution in [3.05, 3.63) is 36.2 Å². The van der Waals surface area contributed by atoms with E-state index in [0.29, 0.717) is 5.82 Å². The number of nitrogens with zero attached hydrogens (tertiary/aromatic N) is 3. The molecule has 0 saturated carbocycles. The molecule has 0 fully saturated rings. The molecule has 0 aliphatic carbocycles. The maximum atomic E-state index is 5.48. The summed E-state index contributed by atoms with van der Waals surface area (Å²) in [6.07, 6.45) is 1.81. The zero-order valence-electron chi connectivity index (χ0n) is 12.7. The molecule has 0 radical (unpaired) electrons. The lowest BCUT2D eigenvalue weighted by molar-refractivity contribution is 0.837. The minimum Gasteiger partial charge on any atom is -0.376 e. The standard InChI is InChI=1S/C15H22N6/c1-4-7-13-18-14(10-15(19-13)20-16)17-11-8-5-6-9-12(11)21(2)3/h5-6,8-10H,4,7,16H2,1-3H3,(H2,17,18,19,20). The molecule has 0 atom stereocenters. The van der Waals surface area contributed by atoms with Crippen LogP contribution in [0.5, 0.6) is 0 Å². The molecular weight excluding hydrogens is 264 g/mol. The second-order valence-corrected chi connectivity index (χ2v) is 4.99. The van der Waals surface area contributed by atoms with Crippen molar-refractivity contribution in [2.75, 3.05) is 29.7 Å². The monoisotopic (exact) mass is 286 g/mol. The fourth-order valence-corrected chi connectivity index (χ4v) is 2.08. The lowest BCUT2D eigenvalue weighted by Crippen LogP contribution is -2.13. The molecule has 1 aromatic heterocycles. The van der Waals surface area contributed by atoms with Gasteiger partial charge in [0.25, 0.3) is 0 Å². The Labute approximate surface area is 125 Å². The average Bonchev–Trinajstić information content (AvgIpc) is 2.47. The lowest BCUT2D eigenvalue weighted by Gasteiger charge is -2.18. The van der Waals surface area contributed by atoms with Crippen molar-refractivity contribution in [2.24, 2.45) is 5.84 Å². The molecule has 0 bridgehead atoms. The zero-order valence-corrected chi connectivity index (χ0v) is 12.7. The van der Waals surface area contributed by atoms with Crippen molar-refractivity contribution in [3.8, 4) is 0 Å². The largest absolute Gasteiger partial charge is 0.376 e. The summed E-state index contributed by atoms with van der Waals surface area (Å²) in [7, 11) is 4.02. The Morgan fingerprint density at radius 1 is 1.14 bits per heavy atom. The number of rotatable bonds is 6. The fraction of sp³-hybridized carbons (Fsp3) is 0.333. The number of hydrogen-bond acceptors (Lipinski definition) is 6. The number of benzene rings is 1. The normalized spacial score (nSPS) is 10.3. The summed E-state index contributed by atoms with van der Waals surface area (Å²) in [6, 6.07) is 9.87. The second-order valence-electron chi connectivity index (χ2n) is 4.99. The van der Waals surface area contributed by atoms with Gasteiger partial charge in [0, 0.05) is 26.6 Å². The Balaban J connectivity index is 2.32. The molecule has 112 valence electrons. The Morgan fingerprint density at radius 2 is 1.86 bits per heavy atom. The summed E-state index contributed by atoms with van der Waals surface area (Å²) < 4.78 is 0. The highest BCUT2D eigenvalue weighted by molar-refractivity contribution is 5.74. The molecule has 2 aromatic rings. The maximum Gasteiger partial charge on any atom is 0.145 e. The SMILES string of the molecule is CCCc1nc(NN)cc(Nc2ccccc2N(C)C)n1. The van der Waals surface area contributed by atoms with E-state index in [1.165, 1.54) is 0 Å². The number of aryl methyl sites for hydroxylation is 1. The Hall–Kier alpha value is -2.34. The third-order valence-electron chi connectivity index (χ3n) is 3.04. The average molecular weight is 286 g/mol. The highest BCUT2D eigenvalue weighted by atomic mass is 15.3. The predicted molar refractivity (Wildman–Crippen MR) is 87.9 cm³/mol. The smallest absolute Gasteiger partial charge is 0.145 e. The van der Waals surface area contributed by atoms with E-state index >= 15 is 0 Å². The summed E-state index contributed by atoms with van der Waals surface area (Å²) in [5, 5.41) is 3.34. The Morgan fingerprint density at radius 3 is 2.52 bits per heavy atom. The van der Waals surface area contributed by atoms with Crippen LogP contribution in [0.3, 0.4) is 0 Å². The number of nitrogens with two attached hydrogens (primary N) is 1. The van der Waals surface area contributed by atoms with E-state index in [1.807, 2.05) is 32.3 Å². The summed E-state index contributed by atoms with van der Waals surface area (Å²) in [5.74, 6) is 7.60. The van der Waals surface area contributed by atoms with Crippen LogP contribution in [0, 0.1) is 0 Å². The van der Waals surface area contributed by atoms with E-state index in [2.05, 4.69) is 38.6 Å². The van der Waals surface area contributed by atoms with Gasteiger partial charge in [-0.1, -0.05) is 19.1 Å². The highest BCUT2D eigenvalue weighted by Gasteiger charge is 2.07. The van der Waals surface area contributed by atoms with E-state index in [4.69, 9.17) is 5.84 Å². The zero-order chi connectivity index (χ0) is 15.2. The summed E-state index contributed by atoms with van der Waals surface area (Å²) in [6.45, 7) is 2.10. The number of hydrazine groups is 1. The number of aromatic nitrogens is 2. The van der Waals surface area contributed by atoms with Gasteiger partial charge in [0.2, 0.25) is 0 Å². The van der Waals surface area contributed by atoms with E-state index in [0.717, 1.165) is 35.9 Å². The predicted octanol–water partition coefficient (Wildman–Crippen LogP) is 2.52. The van der Waals surface area contributed by atoms with Crippen LogP contribution in [0.1, 0.15) is 19.2 Å². The quantitative estimate of drug-likeness (QED) is 0.559. The first-order chi connectivity index (χ1) is 10.1. The van der Waals surface area contributed by atoms with Crippen LogP contribution in [0.15, 0.2) is 30.3 Å². The summed E-state index contributed by atoms with van der Waals surface area (Å²) in [5.41, 5.74) is 4.67. The summed E-state index contributed by atoms with van der Waals surface area (Å²) >= 11 is 0. The minimum atomic E-state index is 0.610. The van der Waals surface area contributed by atoms with Crippen molar-refractivity contribution >= 4 is 23.0 Å². The van der Waals surface area contributed by atoms with E-state index in [9.17, 15) is 0 Å². The third kappa shape index (κ3) is 3.82. The molecule has 0 amide bonds. The van der Waals surface area contributed by atoms with Crippen LogP contribution >= 0.6 is 0 Å². The first-order valence-electron chi connectivity index (χ1n) is 7.02. The maximum absolute atomic E-state index is 5.48. The number of nitrogens with one attached hydrogen (secondary N) is 2. The van der Waals surface area contributed by atoms with Crippen LogP contribution in [-0.2, 0) is 6.42 Å². The van der Waals surface area contributed by atoms with Crippen LogP contribution in [-0.4, -0.2) is 24.1 Å². The van der Waals surface area contributed by atoms with E-state index in [-0.39, 0.29) is 0 Å². The van der Waals surface area contributed by atoms with Gasteiger partial charge in [0.15, 0.2) is 0 Å². The van der Waals surface area contributed by atoms with Crippen molar-refractivity contribution in [2.45, 2.75) is 19.8 Å². The molecule has 0 unspecified atom stereocenters. The molecule has 0 aliphatic rings. The van der Waals surface area contributed by atoms with Gasteiger partial charge in [0.1, 0.15) is 17.5 Å². The molecular formula is C15H22N6. The molecule has 1 aromatic carbocycles. The number of nitrogen functional groups attached to an aromatic ring is 1. The number of para-hydroxylation sites is 2. The van der Waals surface area contributed by atoms with Crippen LogP contribution in [0.25, 0.3) is 0 Å². The number of hydrogen-bond donors (Lipinski definition) is 3. The highest BCUT2D eigenvalue weighted by Crippen LogP contribution is 2.27. The fourth-order valence-electron chi connectivity index (χ4n) is 2.08. The summed E-state index contributed by atoms with van der Waals surface area (Å²) in [4.78, 5) is 10.9. The van der Waals surface area contributed by atoms with Crippen molar-refractivity contribution < 1.29 is 0 Å². The van der Waals surface area contributed by atoms with Crippen molar-refractivity contribution in [1.29, 1.82) is 0 Å². The molecule has 0 aliphatic heterocycles. The third-order valence-corrected chi connectivity index (χ3v) is 3.04. The van der Waals surface area contributed by atoms with E-state index < -0.39 is 0 Å². The number of anilines is 4. The first-order valence-corrected chi connectivity index (χ1v) is 7.02. The van der Waals surface area contributed by atoms with Gasteiger partial charge in [0.05, 0.1) is 11.4 Å². The van der Waals surface area contributed by atoms with Gasteiger partial charge in [-0.3, -0.25) is 0 Å². The lowest BCUT2D eigenvalue weighted by atomic mass is 10.2. The van der Waals surface area contributed by atoms with Gasteiger partial charge in [-0.2, -0.15) is 0 Å². The van der Waals surface area contributed by atoms with Gasteiger partial charge in [-0.25, -0.2) is 15.8 Å². The van der Waals surface area contributed by atoms with Crippen molar-refractivity contribution in [1.82, 2.24) is 9.97 Å². The molecule has 6 nitrogen and oxygen atoms in total. The van der Waals surface area contributed by atoms with Gasteiger partial charge >= 0.3 is 0 Å². The van der Waals surface area contributed by atoms with Crippen LogP contribution in [0.2, 0.25) is 0 Å². The molecule has 1 heterocycles. The van der Waals surface area contributed by atoms with Gasteiger partial charge in [-0.05, 0) is 18.6 Å². The molecule has 2 rings (SSSR count). The molecule has 6 heteroatoms. The Bertz CT molecular complexity index is 596. The van der Waals surface area contributed by atoms with E-state index in [1.54, 1.807) is 6.07 Å².